The average Bonchev–Trinajstić information content (AvgIpc) is 2.62. The van der Waals surface area contributed by atoms with Gasteiger partial charge < -0.3 is 14.9 Å². The molecule has 7 heteroatoms. The lowest BCUT2D eigenvalue weighted by atomic mass is 10.1. The summed E-state index contributed by atoms with van der Waals surface area (Å²) in [5, 5.41) is 9.81. The van der Waals surface area contributed by atoms with Gasteiger partial charge in [-0.3, -0.25) is 4.79 Å². The molecule has 1 aliphatic rings. The number of phenolic OH excluding ortho intramolecular Hbond substituents is 1. The Kier molecular flexibility index (Phi) is 4.59. The predicted octanol–water partition coefficient (Wildman–Crippen LogP) is 1.85. The Morgan fingerprint density at radius 2 is 1.92 bits per heavy atom. The summed E-state index contributed by atoms with van der Waals surface area (Å²) < 4.78 is 14.4. The number of anilines is 1. The number of rotatable bonds is 3. The van der Waals surface area contributed by atoms with E-state index in [1.807, 2.05) is 11.8 Å². The summed E-state index contributed by atoms with van der Waals surface area (Å²) in [6, 6.07) is 6.48. The zero-order valence-corrected chi connectivity index (χ0v) is 13.4. The second-order valence-electron chi connectivity index (χ2n) is 5.61. The monoisotopic (exact) mass is 330 g/mol. The van der Waals surface area contributed by atoms with Gasteiger partial charge >= 0.3 is 0 Å². The molecule has 0 radical (unpaired) electrons. The van der Waals surface area contributed by atoms with Crippen LogP contribution in [0.15, 0.2) is 30.6 Å². The first-order chi connectivity index (χ1) is 11.6. The highest BCUT2D eigenvalue weighted by Crippen LogP contribution is 2.22. The topological polar surface area (TPSA) is 69.6 Å². The molecule has 0 unspecified atom stereocenters. The number of phenols is 1. The highest BCUT2D eigenvalue weighted by atomic mass is 19.1. The van der Waals surface area contributed by atoms with E-state index in [2.05, 4.69) is 9.97 Å². The summed E-state index contributed by atoms with van der Waals surface area (Å²) in [5.74, 6) is -0.346. The van der Waals surface area contributed by atoms with Crippen LogP contribution in [0.25, 0.3) is 0 Å². The molecule has 1 fully saturated rings. The lowest BCUT2D eigenvalue weighted by molar-refractivity contribution is 0.0743. The number of carbonyl (C=O) groups is 1. The molecule has 0 atom stereocenters. The molecule has 24 heavy (non-hydrogen) atoms. The number of hydrogen-bond donors (Lipinski definition) is 1. The Bertz CT molecular complexity index is 745. The number of halogens is 1. The van der Waals surface area contributed by atoms with Crippen LogP contribution < -0.4 is 4.90 Å². The van der Waals surface area contributed by atoms with Gasteiger partial charge in [0.25, 0.3) is 5.91 Å². The molecule has 1 N–H and O–H groups in total. The number of nitrogens with zero attached hydrogens (tertiary/aromatic N) is 4. The molecule has 1 aromatic heterocycles. The van der Waals surface area contributed by atoms with Crippen LogP contribution >= 0.6 is 0 Å². The van der Waals surface area contributed by atoms with Crippen LogP contribution in [0.2, 0.25) is 0 Å². The third kappa shape index (κ3) is 3.02. The fraction of sp³-hybridized carbons (Fsp3) is 0.353. The van der Waals surface area contributed by atoms with Gasteiger partial charge in [-0.2, -0.15) is 0 Å². The van der Waals surface area contributed by atoms with E-state index in [0.717, 1.165) is 0 Å². The molecule has 1 amide bonds. The Balaban J connectivity index is 1.70. The zero-order valence-electron chi connectivity index (χ0n) is 13.4. The number of aromatic nitrogens is 2. The van der Waals surface area contributed by atoms with Gasteiger partial charge in [0, 0.05) is 26.2 Å². The van der Waals surface area contributed by atoms with Crippen molar-refractivity contribution in [1.29, 1.82) is 0 Å². The van der Waals surface area contributed by atoms with E-state index in [4.69, 9.17) is 0 Å². The van der Waals surface area contributed by atoms with E-state index in [0.29, 0.717) is 38.3 Å². The molecular weight excluding hydrogens is 311 g/mol. The zero-order chi connectivity index (χ0) is 17.1. The standard InChI is InChI=1S/C17H19FN4O2/c1-2-13-15(18)16(20-11-19-13)21-7-9-22(10-8-21)17(24)12-5-3-4-6-14(12)23/h3-6,11,23H,2,7-10H2,1H3. The Morgan fingerprint density at radius 1 is 1.21 bits per heavy atom. The maximum atomic E-state index is 14.4. The Hall–Kier alpha value is -2.70. The van der Waals surface area contributed by atoms with Crippen LogP contribution in [0.4, 0.5) is 10.2 Å². The lowest BCUT2D eigenvalue weighted by Gasteiger charge is -2.35. The van der Waals surface area contributed by atoms with Gasteiger partial charge in [0.2, 0.25) is 0 Å². The van der Waals surface area contributed by atoms with Gasteiger partial charge in [-0.1, -0.05) is 19.1 Å². The summed E-state index contributed by atoms with van der Waals surface area (Å²) in [6.07, 6.45) is 1.88. The smallest absolute Gasteiger partial charge is 0.257 e. The van der Waals surface area contributed by atoms with Crippen molar-refractivity contribution in [2.75, 3.05) is 31.1 Å². The fourth-order valence-corrected chi connectivity index (χ4v) is 2.81. The first-order valence-electron chi connectivity index (χ1n) is 7.93. The van der Waals surface area contributed by atoms with Crippen LogP contribution in [-0.4, -0.2) is 52.1 Å². The quantitative estimate of drug-likeness (QED) is 0.930. The molecule has 0 aliphatic carbocycles. The fourth-order valence-electron chi connectivity index (χ4n) is 2.81. The summed E-state index contributed by atoms with van der Waals surface area (Å²) >= 11 is 0. The van der Waals surface area contributed by atoms with Gasteiger partial charge in [0.05, 0.1) is 11.3 Å². The second-order valence-corrected chi connectivity index (χ2v) is 5.61. The molecule has 2 heterocycles. The van der Waals surface area contributed by atoms with E-state index < -0.39 is 0 Å². The number of aromatic hydroxyl groups is 1. The average molecular weight is 330 g/mol. The highest BCUT2D eigenvalue weighted by molar-refractivity contribution is 5.96. The summed E-state index contributed by atoms with van der Waals surface area (Å²) in [5.41, 5.74) is 0.681. The second kappa shape index (κ2) is 6.82. The maximum absolute atomic E-state index is 14.4. The number of hydrogen-bond acceptors (Lipinski definition) is 5. The van der Waals surface area contributed by atoms with E-state index in [1.165, 1.54) is 12.4 Å². The minimum Gasteiger partial charge on any atom is -0.507 e. The van der Waals surface area contributed by atoms with Crippen LogP contribution in [0.3, 0.4) is 0 Å². The van der Waals surface area contributed by atoms with Gasteiger partial charge in [0.1, 0.15) is 12.1 Å². The maximum Gasteiger partial charge on any atom is 0.257 e. The molecule has 1 aliphatic heterocycles. The third-order valence-corrected chi connectivity index (χ3v) is 4.18. The number of benzene rings is 1. The molecule has 0 bridgehead atoms. The third-order valence-electron chi connectivity index (χ3n) is 4.18. The molecule has 6 nitrogen and oxygen atoms in total. The lowest BCUT2D eigenvalue weighted by Crippen LogP contribution is -2.49. The van der Waals surface area contributed by atoms with Crippen molar-refractivity contribution in [3.63, 3.8) is 0 Å². The van der Waals surface area contributed by atoms with Crippen LogP contribution in [0.1, 0.15) is 23.0 Å². The molecular formula is C17H19FN4O2. The van der Waals surface area contributed by atoms with E-state index in [9.17, 15) is 14.3 Å². The first-order valence-corrected chi connectivity index (χ1v) is 7.93. The van der Waals surface area contributed by atoms with Gasteiger partial charge in [0.15, 0.2) is 11.6 Å². The molecule has 1 saturated heterocycles. The van der Waals surface area contributed by atoms with E-state index >= 15 is 0 Å². The molecule has 0 saturated carbocycles. The first kappa shape index (κ1) is 16.2. The number of aryl methyl sites for hydroxylation is 1. The molecule has 0 spiro atoms. The molecule has 1 aromatic carbocycles. The SMILES string of the molecule is CCc1ncnc(N2CCN(C(=O)c3ccccc3O)CC2)c1F. The minimum atomic E-state index is -0.388. The summed E-state index contributed by atoms with van der Waals surface area (Å²) in [6.45, 7) is 3.70. The van der Waals surface area contributed by atoms with Crippen molar-refractivity contribution in [2.24, 2.45) is 0 Å². The largest absolute Gasteiger partial charge is 0.507 e. The summed E-state index contributed by atoms with van der Waals surface area (Å²) in [7, 11) is 0. The van der Waals surface area contributed by atoms with Crippen LogP contribution in [0.5, 0.6) is 5.75 Å². The van der Waals surface area contributed by atoms with Crippen LogP contribution in [-0.2, 0) is 6.42 Å². The minimum absolute atomic E-state index is 0.0284. The van der Waals surface area contributed by atoms with Gasteiger partial charge in [-0.15, -0.1) is 0 Å². The Labute approximate surface area is 139 Å². The highest BCUT2D eigenvalue weighted by Gasteiger charge is 2.26. The molecule has 126 valence electrons. The number of carbonyl (C=O) groups excluding carboxylic acids is 1. The number of amides is 1. The number of para-hydroxylation sites is 1. The Morgan fingerprint density at radius 3 is 2.58 bits per heavy atom. The predicted molar refractivity (Wildman–Crippen MR) is 87.6 cm³/mol. The molecule has 2 aromatic rings. The van der Waals surface area contributed by atoms with Gasteiger partial charge in [-0.25, -0.2) is 14.4 Å². The van der Waals surface area contributed by atoms with Crippen molar-refractivity contribution >= 4 is 11.7 Å². The van der Waals surface area contributed by atoms with Crippen molar-refractivity contribution in [3.8, 4) is 5.75 Å². The normalized spacial score (nSPS) is 14.8. The van der Waals surface area contributed by atoms with Crippen molar-refractivity contribution < 1.29 is 14.3 Å². The van der Waals surface area contributed by atoms with Gasteiger partial charge in [-0.05, 0) is 18.6 Å². The van der Waals surface area contributed by atoms with Crippen LogP contribution in [0, 0.1) is 5.82 Å². The van der Waals surface area contributed by atoms with Crippen molar-refractivity contribution in [3.05, 3.63) is 47.7 Å². The summed E-state index contributed by atoms with van der Waals surface area (Å²) in [4.78, 5) is 23.9. The molecule has 3 rings (SSSR count). The van der Waals surface area contributed by atoms with E-state index in [1.54, 1.807) is 23.1 Å². The van der Waals surface area contributed by atoms with Crippen molar-refractivity contribution in [1.82, 2.24) is 14.9 Å². The van der Waals surface area contributed by atoms with Crippen molar-refractivity contribution in [2.45, 2.75) is 13.3 Å². The van der Waals surface area contributed by atoms with E-state index in [-0.39, 0.29) is 28.9 Å². The number of piperazine rings is 1.